The van der Waals surface area contributed by atoms with E-state index in [0.717, 1.165) is 18.9 Å². The maximum absolute atomic E-state index is 12.3. The minimum Gasteiger partial charge on any atom is -0.481 e. The molecule has 1 aliphatic carbocycles. The maximum Gasteiger partial charge on any atom is 0.330 e. The van der Waals surface area contributed by atoms with E-state index >= 15 is 0 Å². The maximum atomic E-state index is 12.3. The van der Waals surface area contributed by atoms with Crippen molar-refractivity contribution in [2.24, 2.45) is 11.8 Å². The van der Waals surface area contributed by atoms with Gasteiger partial charge >= 0.3 is 23.9 Å². The average molecular weight is 477 g/mol. The van der Waals surface area contributed by atoms with Gasteiger partial charge in [-0.1, -0.05) is 13.0 Å². The van der Waals surface area contributed by atoms with Crippen molar-refractivity contribution in [2.45, 2.75) is 51.4 Å². The van der Waals surface area contributed by atoms with Gasteiger partial charge in [0.1, 0.15) is 18.1 Å². The fourth-order valence-corrected chi connectivity index (χ4v) is 3.55. The average Bonchev–Trinajstić information content (AvgIpc) is 2.84. The Morgan fingerprint density at radius 3 is 2.09 bits per heavy atom. The summed E-state index contributed by atoms with van der Waals surface area (Å²) >= 11 is 0. The number of hydrogen-bond donors (Lipinski definition) is 1. The van der Waals surface area contributed by atoms with E-state index in [4.69, 9.17) is 24.1 Å². The lowest BCUT2D eigenvalue weighted by Crippen LogP contribution is -2.28. The number of benzene rings is 1. The number of hydrogen-bond acceptors (Lipinski definition) is 8. The number of carboxylic acid groups (broad SMARTS) is 1. The summed E-state index contributed by atoms with van der Waals surface area (Å²) < 4.78 is 20.8. The second-order valence-corrected chi connectivity index (χ2v) is 8.05. The molecule has 0 heterocycles. The Morgan fingerprint density at radius 2 is 1.47 bits per heavy atom. The summed E-state index contributed by atoms with van der Waals surface area (Å²) in [4.78, 5) is 46.2. The van der Waals surface area contributed by atoms with Gasteiger partial charge in [-0.05, 0) is 62.8 Å². The number of carbonyl (C=O) groups is 4. The molecule has 0 aromatic heterocycles. The van der Waals surface area contributed by atoms with Crippen LogP contribution in [0, 0.1) is 11.8 Å². The van der Waals surface area contributed by atoms with Crippen LogP contribution in [0.25, 0.3) is 0 Å². The molecule has 1 fully saturated rings. The van der Waals surface area contributed by atoms with E-state index in [-0.39, 0.29) is 36.8 Å². The van der Waals surface area contributed by atoms with Crippen molar-refractivity contribution < 1.29 is 43.2 Å². The molecule has 186 valence electrons. The van der Waals surface area contributed by atoms with Gasteiger partial charge in [0.15, 0.2) is 0 Å². The van der Waals surface area contributed by atoms with Gasteiger partial charge in [-0.15, -0.1) is 0 Å². The molecule has 0 saturated heterocycles. The Morgan fingerprint density at radius 1 is 0.853 bits per heavy atom. The first-order valence-electron chi connectivity index (χ1n) is 11.5. The van der Waals surface area contributed by atoms with Crippen molar-refractivity contribution in [3.8, 4) is 11.5 Å². The summed E-state index contributed by atoms with van der Waals surface area (Å²) in [6.45, 7) is 4.32. The third-order valence-corrected chi connectivity index (χ3v) is 5.49. The molecule has 34 heavy (non-hydrogen) atoms. The second-order valence-electron chi connectivity index (χ2n) is 8.05. The predicted octanol–water partition coefficient (Wildman–Crippen LogP) is 3.69. The monoisotopic (exact) mass is 476 g/mol. The lowest BCUT2D eigenvalue weighted by molar-refractivity contribution is -0.146. The van der Waals surface area contributed by atoms with Crippen molar-refractivity contribution in [3.05, 3.63) is 36.9 Å². The molecule has 0 bridgehead atoms. The first kappa shape index (κ1) is 27.0. The van der Waals surface area contributed by atoms with Gasteiger partial charge in [-0.2, -0.15) is 0 Å². The number of rotatable bonds is 14. The van der Waals surface area contributed by atoms with Gasteiger partial charge < -0.3 is 24.1 Å². The third kappa shape index (κ3) is 10.2. The SMILES string of the molecule is C=CC(=O)OCCOCCCCCC(=O)Oc1ccc(OC(=O)C2CCC(C(=O)O)CC2)cc1. The van der Waals surface area contributed by atoms with Crippen LogP contribution in [0.1, 0.15) is 51.4 Å². The summed E-state index contributed by atoms with van der Waals surface area (Å²) in [5, 5.41) is 9.04. The number of esters is 3. The molecular weight excluding hydrogens is 444 g/mol. The van der Waals surface area contributed by atoms with Gasteiger partial charge in [-0.3, -0.25) is 14.4 Å². The predicted molar refractivity (Wildman–Crippen MR) is 121 cm³/mol. The zero-order valence-corrected chi connectivity index (χ0v) is 19.2. The molecule has 0 radical (unpaired) electrons. The van der Waals surface area contributed by atoms with Gasteiger partial charge in [0, 0.05) is 19.1 Å². The minimum atomic E-state index is -0.813. The van der Waals surface area contributed by atoms with E-state index < -0.39 is 11.9 Å². The first-order valence-corrected chi connectivity index (χ1v) is 11.5. The van der Waals surface area contributed by atoms with Crippen molar-refractivity contribution in [1.82, 2.24) is 0 Å². The topological polar surface area (TPSA) is 125 Å². The Bertz CT molecular complexity index is 823. The fourth-order valence-electron chi connectivity index (χ4n) is 3.55. The quantitative estimate of drug-likeness (QED) is 0.185. The molecule has 1 saturated carbocycles. The largest absolute Gasteiger partial charge is 0.481 e. The normalized spacial score (nSPS) is 17.4. The van der Waals surface area contributed by atoms with Gasteiger partial charge in [0.2, 0.25) is 0 Å². The third-order valence-electron chi connectivity index (χ3n) is 5.49. The van der Waals surface area contributed by atoms with Crippen molar-refractivity contribution in [2.75, 3.05) is 19.8 Å². The highest BCUT2D eigenvalue weighted by atomic mass is 16.6. The molecule has 1 aliphatic rings. The van der Waals surface area contributed by atoms with Crippen molar-refractivity contribution >= 4 is 23.9 Å². The fraction of sp³-hybridized carbons (Fsp3) is 0.520. The zero-order valence-electron chi connectivity index (χ0n) is 19.2. The van der Waals surface area contributed by atoms with E-state index in [9.17, 15) is 19.2 Å². The van der Waals surface area contributed by atoms with Crippen molar-refractivity contribution in [1.29, 1.82) is 0 Å². The number of carbonyl (C=O) groups excluding carboxylic acids is 3. The van der Waals surface area contributed by atoms with Gasteiger partial charge in [0.25, 0.3) is 0 Å². The Labute approximate surface area is 199 Å². The summed E-state index contributed by atoms with van der Waals surface area (Å²) in [6, 6.07) is 6.25. The van der Waals surface area contributed by atoms with Crippen LogP contribution in [0.4, 0.5) is 0 Å². The van der Waals surface area contributed by atoms with Crippen LogP contribution in [-0.2, 0) is 28.7 Å². The lowest BCUT2D eigenvalue weighted by Gasteiger charge is -2.24. The van der Waals surface area contributed by atoms with Crippen molar-refractivity contribution in [3.63, 3.8) is 0 Å². The number of carboxylic acids is 1. The van der Waals surface area contributed by atoms with Crippen LogP contribution in [0.15, 0.2) is 36.9 Å². The van der Waals surface area contributed by atoms with Crippen LogP contribution >= 0.6 is 0 Å². The Balaban J connectivity index is 1.57. The first-order chi connectivity index (χ1) is 16.4. The van der Waals surface area contributed by atoms with Crippen LogP contribution in [-0.4, -0.2) is 48.8 Å². The molecule has 0 unspecified atom stereocenters. The van der Waals surface area contributed by atoms with Crippen LogP contribution < -0.4 is 9.47 Å². The number of unbranched alkanes of at least 4 members (excludes halogenated alkanes) is 2. The lowest BCUT2D eigenvalue weighted by atomic mass is 9.82. The van der Waals surface area contributed by atoms with E-state index in [2.05, 4.69) is 6.58 Å². The van der Waals surface area contributed by atoms with E-state index in [1.807, 2.05) is 0 Å². The van der Waals surface area contributed by atoms with Crippen LogP contribution in [0.2, 0.25) is 0 Å². The molecule has 0 spiro atoms. The Hall–Kier alpha value is -3.20. The molecular formula is C25H32O9. The molecule has 0 aliphatic heterocycles. The molecule has 9 nitrogen and oxygen atoms in total. The summed E-state index contributed by atoms with van der Waals surface area (Å²) in [7, 11) is 0. The highest BCUT2D eigenvalue weighted by molar-refractivity contribution is 5.81. The molecule has 1 aromatic carbocycles. The van der Waals surface area contributed by atoms with E-state index in [1.165, 1.54) is 0 Å². The van der Waals surface area contributed by atoms with Gasteiger partial charge in [-0.25, -0.2) is 4.79 Å². The summed E-state index contributed by atoms with van der Waals surface area (Å²) in [5.74, 6) is -1.97. The molecule has 1 aromatic rings. The van der Waals surface area contributed by atoms with E-state index in [0.29, 0.717) is 56.8 Å². The highest BCUT2D eigenvalue weighted by Crippen LogP contribution is 2.30. The molecule has 9 heteroatoms. The van der Waals surface area contributed by atoms with Crippen LogP contribution in [0.5, 0.6) is 11.5 Å². The zero-order chi connectivity index (χ0) is 24.8. The minimum absolute atomic E-state index is 0.183. The Kier molecular flexibility index (Phi) is 11.8. The molecule has 0 atom stereocenters. The van der Waals surface area contributed by atoms with E-state index in [1.54, 1.807) is 24.3 Å². The summed E-state index contributed by atoms with van der Waals surface area (Å²) in [5.41, 5.74) is 0. The molecule has 1 N–H and O–H groups in total. The standard InChI is InChI=1S/C25H32O9/c1-2-22(26)32-17-16-31-15-5-3-4-6-23(27)33-20-11-13-21(14-12-20)34-25(30)19-9-7-18(8-10-19)24(28)29/h2,11-14,18-19H,1,3-10,15-17H2,(H,28,29). The van der Waals surface area contributed by atoms with Gasteiger partial charge in [0.05, 0.1) is 18.4 Å². The second kappa shape index (κ2) is 14.8. The smallest absolute Gasteiger partial charge is 0.330 e. The molecule has 0 amide bonds. The number of aliphatic carboxylic acids is 1. The highest BCUT2D eigenvalue weighted by Gasteiger charge is 2.30. The van der Waals surface area contributed by atoms with Crippen LogP contribution in [0.3, 0.4) is 0 Å². The summed E-state index contributed by atoms with van der Waals surface area (Å²) in [6.07, 6.45) is 5.56. The molecule has 2 rings (SSSR count). The number of ether oxygens (including phenoxy) is 4.